The van der Waals surface area contributed by atoms with E-state index in [1.165, 1.54) is 11.1 Å². The maximum Gasteiger partial charge on any atom is 0.0954 e. The van der Waals surface area contributed by atoms with Gasteiger partial charge in [-0.05, 0) is 30.9 Å². The van der Waals surface area contributed by atoms with Gasteiger partial charge in [-0.2, -0.15) is 0 Å². The molecule has 2 rings (SSSR count). The van der Waals surface area contributed by atoms with Crippen molar-refractivity contribution in [3.63, 3.8) is 0 Å². The fourth-order valence-corrected chi connectivity index (χ4v) is 2.70. The summed E-state index contributed by atoms with van der Waals surface area (Å²) in [7, 11) is 0. The molecule has 0 amide bonds. The molecule has 1 aliphatic rings. The van der Waals surface area contributed by atoms with Gasteiger partial charge in [0.25, 0.3) is 0 Å². The molecular formula is C17H25NO2. The fourth-order valence-electron chi connectivity index (χ4n) is 2.70. The summed E-state index contributed by atoms with van der Waals surface area (Å²) in [6.45, 7) is 9.02. The normalized spacial score (nSPS) is 21.6. The number of allylic oxidation sites excluding steroid dienone is 1. The van der Waals surface area contributed by atoms with Crippen molar-refractivity contribution in [2.45, 2.75) is 32.0 Å². The summed E-state index contributed by atoms with van der Waals surface area (Å²) in [4.78, 5) is 2.30. The molecule has 1 N–H and O–H groups in total. The Labute approximate surface area is 121 Å². The van der Waals surface area contributed by atoms with Gasteiger partial charge >= 0.3 is 0 Å². The molecule has 3 nitrogen and oxygen atoms in total. The van der Waals surface area contributed by atoms with Gasteiger partial charge in [-0.3, -0.25) is 4.90 Å². The minimum atomic E-state index is -0.274. The molecule has 2 atom stereocenters. The molecule has 0 saturated carbocycles. The van der Waals surface area contributed by atoms with E-state index in [4.69, 9.17) is 4.74 Å². The molecule has 1 aromatic carbocycles. The van der Waals surface area contributed by atoms with Gasteiger partial charge in [0.15, 0.2) is 0 Å². The van der Waals surface area contributed by atoms with E-state index < -0.39 is 0 Å². The number of rotatable bonds is 6. The van der Waals surface area contributed by atoms with E-state index in [2.05, 4.69) is 42.7 Å². The number of morpholine rings is 1. The Kier molecular flexibility index (Phi) is 5.77. The van der Waals surface area contributed by atoms with Crippen LogP contribution in [0.25, 0.3) is 0 Å². The number of aryl methyl sites for hydroxylation is 1. The van der Waals surface area contributed by atoms with E-state index >= 15 is 0 Å². The molecule has 110 valence electrons. The van der Waals surface area contributed by atoms with Crippen molar-refractivity contribution in [1.82, 2.24) is 4.90 Å². The standard InChI is InChI=1S/C17H25NO2/c1-3-4-8-15(19)12-18-10-11-20-17(13-18)16-9-6-5-7-14(16)2/h3,5-7,9,15,17,19H,1,4,8,10-13H2,2H3. The highest BCUT2D eigenvalue weighted by molar-refractivity contribution is 5.28. The van der Waals surface area contributed by atoms with Gasteiger partial charge in [-0.15, -0.1) is 6.58 Å². The van der Waals surface area contributed by atoms with E-state index in [9.17, 15) is 5.11 Å². The highest BCUT2D eigenvalue weighted by Crippen LogP contribution is 2.25. The molecule has 0 aliphatic carbocycles. The van der Waals surface area contributed by atoms with Crippen molar-refractivity contribution in [3.05, 3.63) is 48.0 Å². The summed E-state index contributed by atoms with van der Waals surface area (Å²) < 4.78 is 5.90. The fraction of sp³-hybridized carbons (Fsp3) is 0.529. The summed E-state index contributed by atoms with van der Waals surface area (Å²) in [5.74, 6) is 0. The van der Waals surface area contributed by atoms with E-state index in [1.807, 2.05) is 6.08 Å². The van der Waals surface area contributed by atoms with Gasteiger partial charge in [0.2, 0.25) is 0 Å². The Morgan fingerprint density at radius 1 is 1.50 bits per heavy atom. The van der Waals surface area contributed by atoms with Crippen LogP contribution in [-0.4, -0.2) is 42.4 Å². The molecule has 3 heteroatoms. The maximum atomic E-state index is 10.0. The lowest BCUT2D eigenvalue weighted by Crippen LogP contribution is -2.42. The third kappa shape index (κ3) is 4.17. The van der Waals surface area contributed by atoms with Crippen LogP contribution in [0.3, 0.4) is 0 Å². The van der Waals surface area contributed by atoms with Crippen LogP contribution < -0.4 is 0 Å². The van der Waals surface area contributed by atoms with Gasteiger partial charge in [-0.1, -0.05) is 30.3 Å². The number of benzene rings is 1. The Morgan fingerprint density at radius 3 is 3.05 bits per heavy atom. The molecule has 1 saturated heterocycles. The lowest BCUT2D eigenvalue weighted by Gasteiger charge is -2.34. The SMILES string of the molecule is C=CCCC(O)CN1CCOC(c2ccccc2C)C1. The Morgan fingerprint density at radius 2 is 2.30 bits per heavy atom. The lowest BCUT2D eigenvalue weighted by atomic mass is 10.0. The monoisotopic (exact) mass is 275 g/mol. The van der Waals surface area contributed by atoms with Crippen LogP contribution in [0.15, 0.2) is 36.9 Å². The molecule has 1 fully saturated rings. The average Bonchev–Trinajstić information content (AvgIpc) is 2.46. The first kappa shape index (κ1) is 15.2. The van der Waals surface area contributed by atoms with Gasteiger partial charge in [0.1, 0.15) is 0 Å². The second-order valence-electron chi connectivity index (χ2n) is 5.50. The van der Waals surface area contributed by atoms with E-state index in [0.29, 0.717) is 0 Å². The van der Waals surface area contributed by atoms with Gasteiger partial charge in [0.05, 0.1) is 18.8 Å². The van der Waals surface area contributed by atoms with E-state index in [1.54, 1.807) is 0 Å². The highest BCUT2D eigenvalue weighted by Gasteiger charge is 2.24. The lowest BCUT2D eigenvalue weighted by molar-refractivity contribution is -0.0428. The zero-order chi connectivity index (χ0) is 14.4. The van der Waals surface area contributed by atoms with Crippen molar-refractivity contribution in [3.8, 4) is 0 Å². The highest BCUT2D eigenvalue weighted by atomic mass is 16.5. The average molecular weight is 275 g/mol. The third-order valence-corrected chi connectivity index (χ3v) is 3.86. The summed E-state index contributed by atoms with van der Waals surface area (Å²) >= 11 is 0. The van der Waals surface area contributed by atoms with Crippen molar-refractivity contribution in [2.24, 2.45) is 0 Å². The molecule has 20 heavy (non-hydrogen) atoms. The Hall–Kier alpha value is -1.16. The molecular weight excluding hydrogens is 250 g/mol. The summed E-state index contributed by atoms with van der Waals surface area (Å²) in [6.07, 6.45) is 3.36. The van der Waals surface area contributed by atoms with E-state index in [-0.39, 0.29) is 12.2 Å². The molecule has 0 bridgehead atoms. The number of hydrogen-bond donors (Lipinski definition) is 1. The second kappa shape index (κ2) is 7.58. The summed E-state index contributed by atoms with van der Waals surface area (Å²) in [5.41, 5.74) is 2.53. The number of nitrogens with zero attached hydrogens (tertiary/aromatic N) is 1. The third-order valence-electron chi connectivity index (χ3n) is 3.86. The largest absolute Gasteiger partial charge is 0.392 e. The van der Waals surface area contributed by atoms with Crippen molar-refractivity contribution in [1.29, 1.82) is 0 Å². The molecule has 1 heterocycles. The molecule has 0 spiro atoms. The molecule has 0 aromatic heterocycles. The number of hydrogen-bond acceptors (Lipinski definition) is 3. The smallest absolute Gasteiger partial charge is 0.0954 e. The summed E-state index contributed by atoms with van der Waals surface area (Å²) in [6, 6.07) is 8.37. The first-order valence-corrected chi connectivity index (χ1v) is 7.39. The predicted molar refractivity (Wildman–Crippen MR) is 81.7 cm³/mol. The predicted octanol–water partition coefficient (Wildman–Crippen LogP) is 2.70. The van der Waals surface area contributed by atoms with Gasteiger partial charge in [-0.25, -0.2) is 0 Å². The first-order chi connectivity index (χ1) is 9.70. The van der Waals surface area contributed by atoms with Crippen molar-refractivity contribution in [2.75, 3.05) is 26.2 Å². The first-order valence-electron chi connectivity index (χ1n) is 7.39. The molecule has 1 aromatic rings. The van der Waals surface area contributed by atoms with Crippen molar-refractivity contribution >= 4 is 0 Å². The van der Waals surface area contributed by atoms with Crippen LogP contribution in [0.4, 0.5) is 0 Å². The van der Waals surface area contributed by atoms with E-state index in [0.717, 1.165) is 39.1 Å². The zero-order valence-corrected chi connectivity index (χ0v) is 12.3. The maximum absolute atomic E-state index is 10.0. The van der Waals surface area contributed by atoms with Crippen LogP contribution in [-0.2, 0) is 4.74 Å². The Balaban J connectivity index is 1.92. The zero-order valence-electron chi connectivity index (χ0n) is 12.3. The van der Waals surface area contributed by atoms with Crippen LogP contribution >= 0.6 is 0 Å². The topological polar surface area (TPSA) is 32.7 Å². The second-order valence-corrected chi connectivity index (χ2v) is 5.50. The number of aliphatic hydroxyl groups excluding tert-OH is 1. The van der Waals surface area contributed by atoms with Gasteiger partial charge < -0.3 is 9.84 Å². The number of ether oxygens (including phenoxy) is 1. The number of aliphatic hydroxyl groups is 1. The van der Waals surface area contributed by atoms with Crippen LogP contribution in [0, 0.1) is 6.92 Å². The van der Waals surface area contributed by atoms with Crippen LogP contribution in [0.1, 0.15) is 30.1 Å². The quantitative estimate of drug-likeness (QED) is 0.810. The molecule has 2 unspecified atom stereocenters. The van der Waals surface area contributed by atoms with Crippen molar-refractivity contribution < 1.29 is 9.84 Å². The number of β-amino-alcohol motifs (C(OH)–C–C–N with tert-alkyl or cyclic N) is 1. The van der Waals surface area contributed by atoms with Gasteiger partial charge in [0, 0.05) is 19.6 Å². The minimum absolute atomic E-state index is 0.122. The minimum Gasteiger partial charge on any atom is -0.392 e. The Bertz CT molecular complexity index is 433. The molecule has 1 aliphatic heterocycles. The summed E-state index contributed by atoms with van der Waals surface area (Å²) in [5, 5.41) is 10.0. The van der Waals surface area contributed by atoms with Crippen LogP contribution in [0.5, 0.6) is 0 Å². The van der Waals surface area contributed by atoms with Crippen LogP contribution in [0.2, 0.25) is 0 Å². The molecule has 0 radical (unpaired) electrons.